The monoisotopic (exact) mass is 327 g/mol. The Balaban J connectivity index is 1.63. The Labute approximate surface area is 137 Å². The van der Waals surface area contributed by atoms with Crippen LogP contribution in [0.2, 0.25) is 0 Å². The van der Waals surface area contributed by atoms with E-state index in [0.717, 1.165) is 11.1 Å². The Hall–Kier alpha value is -2.60. The second-order valence-corrected chi connectivity index (χ2v) is 5.77. The summed E-state index contributed by atoms with van der Waals surface area (Å²) < 4.78 is 13.0. The number of thiophene rings is 1. The van der Waals surface area contributed by atoms with Gasteiger partial charge in [-0.25, -0.2) is 14.4 Å². The zero-order chi connectivity index (χ0) is 16.1. The van der Waals surface area contributed by atoms with Crippen LogP contribution in [0, 0.1) is 5.82 Å². The maximum atomic E-state index is 13.0. The molecule has 1 aromatic carbocycles. The van der Waals surface area contributed by atoms with E-state index in [1.165, 1.54) is 18.5 Å². The van der Waals surface area contributed by atoms with Gasteiger partial charge in [-0.05, 0) is 52.7 Å². The van der Waals surface area contributed by atoms with Crippen molar-refractivity contribution in [3.8, 4) is 11.3 Å². The lowest BCUT2D eigenvalue weighted by Gasteiger charge is -2.06. The smallest absolute Gasteiger partial charge is 0.224 e. The lowest BCUT2D eigenvalue weighted by atomic mass is 10.1. The maximum Gasteiger partial charge on any atom is 0.224 e. The first-order valence-corrected chi connectivity index (χ1v) is 7.99. The molecule has 1 N–H and O–H groups in total. The van der Waals surface area contributed by atoms with Crippen molar-refractivity contribution in [2.24, 2.45) is 0 Å². The number of benzene rings is 1. The summed E-state index contributed by atoms with van der Waals surface area (Å²) in [6.07, 6.45) is 1.80. The van der Waals surface area contributed by atoms with Crippen LogP contribution in [0.3, 0.4) is 0 Å². The number of hydrogen-bond acceptors (Lipinski definition) is 4. The van der Waals surface area contributed by atoms with E-state index in [1.54, 1.807) is 29.5 Å². The van der Waals surface area contributed by atoms with Gasteiger partial charge in [-0.3, -0.25) is 4.79 Å². The number of carbonyl (C=O) groups is 1. The largest absolute Gasteiger partial charge is 0.350 e. The Kier molecular flexibility index (Phi) is 4.73. The molecule has 116 valence electrons. The molecule has 3 rings (SSSR count). The highest BCUT2D eigenvalue weighted by Crippen LogP contribution is 2.17. The standard InChI is InChI=1S/C17H14FN3OS/c18-14-3-1-13(2-4-14)16-8-15(20-11-21-16)9-19-17(22)7-12-5-6-23-10-12/h1-6,8,10-11H,7,9H2,(H,19,22). The van der Waals surface area contributed by atoms with Gasteiger partial charge in [0.05, 0.1) is 24.4 Å². The fraction of sp³-hybridized carbons (Fsp3) is 0.118. The van der Waals surface area contributed by atoms with E-state index in [-0.39, 0.29) is 11.7 Å². The predicted octanol–water partition coefficient (Wildman–Crippen LogP) is 3.20. The zero-order valence-corrected chi connectivity index (χ0v) is 13.0. The van der Waals surface area contributed by atoms with E-state index in [0.29, 0.717) is 24.4 Å². The quantitative estimate of drug-likeness (QED) is 0.783. The lowest BCUT2D eigenvalue weighted by molar-refractivity contribution is -0.120. The fourth-order valence-corrected chi connectivity index (χ4v) is 2.77. The van der Waals surface area contributed by atoms with Crippen molar-refractivity contribution in [1.29, 1.82) is 0 Å². The van der Waals surface area contributed by atoms with Crippen LogP contribution < -0.4 is 5.32 Å². The van der Waals surface area contributed by atoms with E-state index < -0.39 is 0 Å². The Morgan fingerprint density at radius 2 is 2.00 bits per heavy atom. The third-order valence-corrected chi connectivity index (χ3v) is 4.01. The summed E-state index contributed by atoms with van der Waals surface area (Å²) in [6.45, 7) is 0.333. The molecule has 0 unspecified atom stereocenters. The second-order valence-electron chi connectivity index (χ2n) is 4.99. The number of nitrogens with one attached hydrogen (secondary N) is 1. The third-order valence-electron chi connectivity index (χ3n) is 3.28. The zero-order valence-electron chi connectivity index (χ0n) is 12.2. The molecule has 3 aromatic rings. The molecule has 0 bridgehead atoms. The Morgan fingerprint density at radius 1 is 1.17 bits per heavy atom. The summed E-state index contributed by atoms with van der Waals surface area (Å²) in [5.41, 5.74) is 3.21. The van der Waals surface area contributed by atoms with Crippen LogP contribution in [0.25, 0.3) is 11.3 Å². The van der Waals surface area contributed by atoms with E-state index >= 15 is 0 Å². The minimum atomic E-state index is -0.288. The molecule has 0 aliphatic carbocycles. The van der Waals surface area contributed by atoms with Crippen LogP contribution in [0.4, 0.5) is 4.39 Å². The van der Waals surface area contributed by atoms with Crippen LogP contribution in [0.15, 0.2) is 53.5 Å². The molecule has 2 heterocycles. The highest BCUT2D eigenvalue weighted by atomic mass is 32.1. The maximum absolute atomic E-state index is 13.0. The van der Waals surface area contributed by atoms with Gasteiger partial charge in [-0.1, -0.05) is 0 Å². The molecule has 0 radical (unpaired) electrons. The first-order chi connectivity index (χ1) is 11.2. The van der Waals surface area contributed by atoms with Crippen molar-refractivity contribution in [3.05, 3.63) is 70.6 Å². The number of hydrogen-bond donors (Lipinski definition) is 1. The molecule has 0 atom stereocenters. The summed E-state index contributed by atoms with van der Waals surface area (Å²) >= 11 is 1.57. The molecular weight excluding hydrogens is 313 g/mol. The van der Waals surface area contributed by atoms with Gasteiger partial charge >= 0.3 is 0 Å². The fourth-order valence-electron chi connectivity index (χ4n) is 2.10. The highest BCUT2D eigenvalue weighted by Gasteiger charge is 2.06. The number of amides is 1. The topological polar surface area (TPSA) is 54.9 Å². The van der Waals surface area contributed by atoms with Crippen molar-refractivity contribution < 1.29 is 9.18 Å². The molecule has 0 aliphatic rings. The first kappa shape index (κ1) is 15.3. The Morgan fingerprint density at radius 3 is 2.74 bits per heavy atom. The molecule has 0 fully saturated rings. The number of rotatable bonds is 5. The van der Waals surface area contributed by atoms with Crippen molar-refractivity contribution in [3.63, 3.8) is 0 Å². The second kappa shape index (κ2) is 7.11. The molecule has 0 saturated carbocycles. The number of carbonyl (C=O) groups excluding carboxylic acids is 1. The molecular formula is C17H14FN3OS. The van der Waals surface area contributed by atoms with Crippen LogP contribution in [-0.2, 0) is 17.8 Å². The van der Waals surface area contributed by atoms with Gasteiger partial charge in [0, 0.05) is 5.56 Å². The molecule has 6 heteroatoms. The average molecular weight is 327 g/mol. The summed E-state index contributed by atoms with van der Waals surface area (Å²) in [4.78, 5) is 20.2. The summed E-state index contributed by atoms with van der Waals surface area (Å²) in [5, 5.41) is 6.74. The van der Waals surface area contributed by atoms with Crippen LogP contribution in [-0.4, -0.2) is 15.9 Å². The van der Waals surface area contributed by atoms with Crippen molar-refractivity contribution in [2.45, 2.75) is 13.0 Å². The van der Waals surface area contributed by atoms with E-state index in [1.807, 2.05) is 16.8 Å². The lowest BCUT2D eigenvalue weighted by Crippen LogP contribution is -2.24. The summed E-state index contributed by atoms with van der Waals surface area (Å²) in [6, 6.07) is 9.83. The molecule has 1 amide bonds. The van der Waals surface area contributed by atoms with E-state index in [4.69, 9.17) is 0 Å². The van der Waals surface area contributed by atoms with E-state index in [2.05, 4.69) is 15.3 Å². The molecule has 23 heavy (non-hydrogen) atoms. The number of nitrogens with zero attached hydrogens (tertiary/aromatic N) is 2. The van der Waals surface area contributed by atoms with Crippen molar-refractivity contribution >= 4 is 17.2 Å². The third kappa shape index (κ3) is 4.20. The van der Waals surface area contributed by atoms with Gasteiger partial charge in [0.2, 0.25) is 5.91 Å². The van der Waals surface area contributed by atoms with Crippen molar-refractivity contribution in [1.82, 2.24) is 15.3 Å². The average Bonchev–Trinajstić information content (AvgIpc) is 3.07. The van der Waals surface area contributed by atoms with Gasteiger partial charge in [0.25, 0.3) is 0 Å². The van der Waals surface area contributed by atoms with Crippen LogP contribution in [0.5, 0.6) is 0 Å². The van der Waals surface area contributed by atoms with Crippen LogP contribution in [0.1, 0.15) is 11.3 Å². The highest BCUT2D eigenvalue weighted by molar-refractivity contribution is 7.07. The molecule has 0 spiro atoms. The predicted molar refractivity (Wildman–Crippen MR) is 87.3 cm³/mol. The van der Waals surface area contributed by atoms with Gasteiger partial charge in [-0.15, -0.1) is 0 Å². The van der Waals surface area contributed by atoms with Gasteiger partial charge in [0.1, 0.15) is 12.1 Å². The first-order valence-electron chi connectivity index (χ1n) is 7.05. The number of halogens is 1. The normalized spacial score (nSPS) is 10.5. The molecule has 4 nitrogen and oxygen atoms in total. The van der Waals surface area contributed by atoms with Crippen LogP contribution >= 0.6 is 11.3 Å². The van der Waals surface area contributed by atoms with Gasteiger partial charge in [0.15, 0.2) is 0 Å². The molecule has 0 saturated heterocycles. The Bertz CT molecular complexity index is 788. The minimum Gasteiger partial charge on any atom is -0.350 e. The molecule has 0 aliphatic heterocycles. The van der Waals surface area contributed by atoms with Gasteiger partial charge < -0.3 is 5.32 Å². The SMILES string of the molecule is O=C(Cc1ccsc1)NCc1cc(-c2ccc(F)cc2)ncn1. The molecule has 2 aromatic heterocycles. The van der Waals surface area contributed by atoms with E-state index in [9.17, 15) is 9.18 Å². The number of aromatic nitrogens is 2. The minimum absolute atomic E-state index is 0.0506. The van der Waals surface area contributed by atoms with Gasteiger partial charge in [-0.2, -0.15) is 11.3 Å². The summed E-state index contributed by atoms with van der Waals surface area (Å²) in [5.74, 6) is -0.339. The summed E-state index contributed by atoms with van der Waals surface area (Å²) in [7, 11) is 0. The van der Waals surface area contributed by atoms with Crippen molar-refractivity contribution in [2.75, 3.05) is 0 Å².